The number of likely N-dealkylation sites (tertiary alicyclic amines) is 1. The van der Waals surface area contributed by atoms with Crippen LogP contribution in [-0.4, -0.2) is 50.8 Å². The number of aromatic hydroxyl groups is 1. The number of nitrogens with zero attached hydrogens (tertiary/aromatic N) is 2. The molecule has 0 unspecified atom stereocenters. The van der Waals surface area contributed by atoms with E-state index in [0.717, 1.165) is 0 Å². The molecule has 0 saturated carbocycles. The van der Waals surface area contributed by atoms with Gasteiger partial charge in [-0.2, -0.15) is 0 Å². The molecule has 3 atom stereocenters. The summed E-state index contributed by atoms with van der Waals surface area (Å²) < 4.78 is 5.32. The van der Waals surface area contributed by atoms with Gasteiger partial charge in [-0.1, -0.05) is 36.7 Å². The van der Waals surface area contributed by atoms with Gasteiger partial charge in [0.1, 0.15) is 23.5 Å². The Labute approximate surface area is 179 Å². The van der Waals surface area contributed by atoms with Gasteiger partial charge in [0.05, 0.1) is 11.8 Å². The first-order valence-electron chi connectivity index (χ1n) is 9.84. The monoisotopic (exact) mass is 435 g/mol. The Kier molecular flexibility index (Phi) is 6.67. The Morgan fingerprint density at radius 1 is 1.37 bits per heavy atom. The van der Waals surface area contributed by atoms with Crippen LogP contribution in [0.1, 0.15) is 43.2 Å². The molecule has 9 heteroatoms. The van der Waals surface area contributed by atoms with E-state index in [1.807, 2.05) is 13.8 Å². The van der Waals surface area contributed by atoms with E-state index < -0.39 is 24.0 Å². The maximum absolute atomic E-state index is 13.3. The topological polar surface area (TPSA) is 116 Å². The van der Waals surface area contributed by atoms with Crippen LogP contribution in [0.5, 0.6) is 5.75 Å². The summed E-state index contributed by atoms with van der Waals surface area (Å²) in [6.45, 7) is 5.71. The SMILES string of the molecule is Cc1cc([C@H](C(=O)N2C[C@H](O)C[C@H]2C(=O)NCc2ccc(Cl)cc2O)C(C)C)on1. The van der Waals surface area contributed by atoms with Crippen molar-refractivity contribution in [3.8, 4) is 5.75 Å². The molecular weight excluding hydrogens is 410 g/mol. The van der Waals surface area contributed by atoms with E-state index >= 15 is 0 Å². The van der Waals surface area contributed by atoms with Crippen molar-refractivity contribution in [3.63, 3.8) is 0 Å². The van der Waals surface area contributed by atoms with Crippen LogP contribution >= 0.6 is 11.6 Å². The summed E-state index contributed by atoms with van der Waals surface area (Å²) >= 11 is 5.83. The van der Waals surface area contributed by atoms with Crippen LogP contribution in [0.15, 0.2) is 28.8 Å². The third kappa shape index (κ3) is 4.76. The van der Waals surface area contributed by atoms with Gasteiger partial charge in [0, 0.05) is 36.2 Å². The molecule has 3 rings (SSSR count). The first kappa shape index (κ1) is 22.1. The van der Waals surface area contributed by atoms with Crippen LogP contribution in [-0.2, 0) is 16.1 Å². The zero-order valence-corrected chi connectivity index (χ0v) is 17.9. The van der Waals surface area contributed by atoms with Crippen LogP contribution in [0.3, 0.4) is 0 Å². The van der Waals surface area contributed by atoms with Gasteiger partial charge in [0.2, 0.25) is 11.8 Å². The van der Waals surface area contributed by atoms with Crippen molar-refractivity contribution < 1.29 is 24.3 Å². The van der Waals surface area contributed by atoms with E-state index in [-0.39, 0.29) is 37.1 Å². The van der Waals surface area contributed by atoms with Crippen LogP contribution in [0.25, 0.3) is 0 Å². The van der Waals surface area contributed by atoms with Crippen LogP contribution < -0.4 is 5.32 Å². The standard InChI is InChI=1S/C21H26ClN3O5/c1-11(2)19(18-6-12(3)24-30-18)21(29)25-10-15(26)8-16(25)20(28)23-9-13-4-5-14(22)7-17(13)27/h4-7,11,15-16,19,26-27H,8-10H2,1-3H3,(H,23,28)/t15-,16+,19-/m1/s1. The van der Waals surface area contributed by atoms with Gasteiger partial charge in [-0.15, -0.1) is 0 Å². The number of benzene rings is 1. The molecule has 2 aromatic rings. The van der Waals surface area contributed by atoms with Gasteiger partial charge in [0.15, 0.2) is 0 Å². The highest BCUT2D eigenvalue weighted by Gasteiger charge is 2.43. The van der Waals surface area contributed by atoms with Gasteiger partial charge < -0.3 is 25.0 Å². The molecule has 8 nitrogen and oxygen atoms in total. The minimum Gasteiger partial charge on any atom is -0.508 e. The maximum atomic E-state index is 13.3. The lowest BCUT2D eigenvalue weighted by Crippen LogP contribution is -2.48. The lowest BCUT2D eigenvalue weighted by Gasteiger charge is -2.28. The number of hydrogen-bond acceptors (Lipinski definition) is 6. The number of phenolic OH excluding ortho intramolecular Hbond substituents is 1. The third-order valence-corrected chi connectivity index (χ3v) is 5.49. The first-order valence-corrected chi connectivity index (χ1v) is 10.2. The highest BCUT2D eigenvalue weighted by Crippen LogP contribution is 2.31. The summed E-state index contributed by atoms with van der Waals surface area (Å²) in [6.07, 6.45) is -0.650. The molecule has 1 aromatic carbocycles. The number of aliphatic hydroxyl groups excluding tert-OH is 1. The molecule has 2 amide bonds. The summed E-state index contributed by atoms with van der Waals surface area (Å²) in [5.41, 5.74) is 1.17. The molecule has 30 heavy (non-hydrogen) atoms. The number of hydrogen-bond donors (Lipinski definition) is 3. The number of carbonyl (C=O) groups excluding carboxylic acids is 2. The predicted octanol–water partition coefficient (Wildman–Crippen LogP) is 2.36. The van der Waals surface area contributed by atoms with Crippen molar-refractivity contribution in [2.24, 2.45) is 5.92 Å². The fourth-order valence-electron chi connectivity index (χ4n) is 3.74. The summed E-state index contributed by atoms with van der Waals surface area (Å²) in [4.78, 5) is 27.6. The molecule has 0 spiro atoms. The van der Waals surface area contributed by atoms with Gasteiger partial charge in [-0.05, 0) is 25.0 Å². The zero-order valence-electron chi connectivity index (χ0n) is 17.1. The number of carbonyl (C=O) groups is 2. The summed E-state index contributed by atoms with van der Waals surface area (Å²) in [5.74, 6) is -0.955. The number of aromatic nitrogens is 1. The minimum atomic E-state index is -0.813. The van der Waals surface area contributed by atoms with Crippen molar-refractivity contribution in [2.75, 3.05) is 6.54 Å². The van der Waals surface area contributed by atoms with Gasteiger partial charge in [0.25, 0.3) is 0 Å². The molecule has 0 radical (unpaired) electrons. The molecular formula is C21H26ClN3O5. The Bertz CT molecular complexity index is 929. The molecule has 162 valence electrons. The fraction of sp³-hybridized carbons (Fsp3) is 0.476. The van der Waals surface area contributed by atoms with Gasteiger partial charge >= 0.3 is 0 Å². The molecule has 1 aliphatic heterocycles. The van der Waals surface area contributed by atoms with Crippen molar-refractivity contribution in [3.05, 3.63) is 46.3 Å². The molecule has 2 heterocycles. The van der Waals surface area contributed by atoms with Crippen molar-refractivity contribution in [2.45, 2.75) is 51.8 Å². The molecule has 0 bridgehead atoms. The second-order valence-electron chi connectivity index (χ2n) is 7.98. The van der Waals surface area contributed by atoms with E-state index in [2.05, 4.69) is 10.5 Å². The van der Waals surface area contributed by atoms with Crippen molar-refractivity contribution in [1.82, 2.24) is 15.4 Å². The predicted molar refractivity (Wildman–Crippen MR) is 110 cm³/mol. The number of aryl methyl sites for hydroxylation is 1. The maximum Gasteiger partial charge on any atom is 0.243 e. The minimum absolute atomic E-state index is 0.0252. The number of rotatable bonds is 6. The average molecular weight is 436 g/mol. The molecule has 0 aliphatic carbocycles. The number of amides is 2. The third-order valence-electron chi connectivity index (χ3n) is 5.25. The van der Waals surface area contributed by atoms with Crippen molar-refractivity contribution >= 4 is 23.4 Å². The largest absolute Gasteiger partial charge is 0.508 e. The highest BCUT2D eigenvalue weighted by molar-refractivity contribution is 6.30. The molecule has 1 fully saturated rings. The molecule has 1 saturated heterocycles. The second-order valence-corrected chi connectivity index (χ2v) is 8.42. The van der Waals surface area contributed by atoms with E-state index in [1.165, 1.54) is 11.0 Å². The normalized spacial score (nSPS) is 19.9. The second kappa shape index (κ2) is 9.06. The lowest BCUT2D eigenvalue weighted by molar-refractivity contribution is -0.141. The van der Waals surface area contributed by atoms with E-state index in [4.69, 9.17) is 16.1 Å². The van der Waals surface area contributed by atoms with E-state index in [0.29, 0.717) is 22.0 Å². The van der Waals surface area contributed by atoms with Crippen LogP contribution in [0, 0.1) is 12.8 Å². The van der Waals surface area contributed by atoms with Crippen molar-refractivity contribution in [1.29, 1.82) is 0 Å². The van der Waals surface area contributed by atoms with E-state index in [9.17, 15) is 19.8 Å². The molecule has 3 N–H and O–H groups in total. The number of aliphatic hydroxyl groups is 1. The first-order chi connectivity index (χ1) is 14.2. The Hall–Kier alpha value is -2.58. The molecule has 1 aliphatic rings. The summed E-state index contributed by atoms with van der Waals surface area (Å²) in [5, 5.41) is 27.1. The fourth-order valence-corrected chi connectivity index (χ4v) is 3.90. The lowest BCUT2D eigenvalue weighted by atomic mass is 9.91. The summed E-state index contributed by atoms with van der Waals surface area (Å²) in [7, 11) is 0. The number of nitrogens with one attached hydrogen (secondary N) is 1. The smallest absolute Gasteiger partial charge is 0.243 e. The Balaban J connectivity index is 1.75. The number of halogens is 1. The van der Waals surface area contributed by atoms with Gasteiger partial charge in [-0.3, -0.25) is 9.59 Å². The van der Waals surface area contributed by atoms with E-state index in [1.54, 1.807) is 25.1 Å². The zero-order chi connectivity index (χ0) is 22.0. The van der Waals surface area contributed by atoms with Gasteiger partial charge in [-0.25, -0.2) is 0 Å². The number of phenols is 1. The molecule has 1 aromatic heterocycles. The van der Waals surface area contributed by atoms with Crippen LogP contribution in [0.4, 0.5) is 0 Å². The highest BCUT2D eigenvalue weighted by atomic mass is 35.5. The van der Waals surface area contributed by atoms with Crippen LogP contribution in [0.2, 0.25) is 5.02 Å². The average Bonchev–Trinajstić information content (AvgIpc) is 3.26. The quantitative estimate of drug-likeness (QED) is 0.641. The Morgan fingerprint density at radius 2 is 2.10 bits per heavy atom. The summed E-state index contributed by atoms with van der Waals surface area (Å²) in [6, 6.07) is 5.53. The number of β-amino-alcohol motifs (C(OH)–C–C–N with tert-alkyl or cyclic N) is 1. The Morgan fingerprint density at radius 3 is 2.70 bits per heavy atom.